The van der Waals surface area contributed by atoms with Gasteiger partial charge in [-0.25, -0.2) is 0 Å². The minimum Gasteiger partial charge on any atom is -0.329 e. The van der Waals surface area contributed by atoms with E-state index in [1.54, 1.807) is 0 Å². The lowest BCUT2D eigenvalue weighted by atomic mass is 9.92. The zero-order chi connectivity index (χ0) is 12.8. The second-order valence-corrected chi connectivity index (χ2v) is 6.39. The Hall–Kier alpha value is -0.860. The second-order valence-electron chi connectivity index (χ2n) is 6.39. The van der Waals surface area contributed by atoms with Crippen LogP contribution < -0.4 is 5.73 Å². The van der Waals surface area contributed by atoms with Gasteiger partial charge in [0.2, 0.25) is 0 Å². The molecule has 1 aliphatic heterocycles. The molecule has 2 N–H and O–H groups in total. The smallest absolute Gasteiger partial charge is 0.0415 e. The third kappa shape index (κ3) is 1.79. The monoisotopic (exact) mass is 244 g/mol. The first-order valence-corrected chi connectivity index (χ1v) is 7.18. The van der Waals surface area contributed by atoms with E-state index in [0.717, 1.165) is 25.3 Å². The number of likely N-dealkylation sites (tertiary alicyclic amines) is 1. The highest BCUT2D eigenvalue weighted by Gasteiger charge is 2.45. The molecule has 0 spiro atoms. The molecule has 1 aromatic rings. The molecule has 1 aliphatic carbocycles. The van der Waals surface area contributed by atoms with Crippen LogP contribution in [0.25, 0.3) is 0 Å². The third-order valence-corrected chi connectivity index (χ3v) is 4.93. The summed E-state index contributed by atoms with van der Waals surface area (Å²) in [6, 6.07) is 9.54. The molecule has 0 saturated carbocycles. The van der Waals surface area contributed by atoms with Crippen LogP contribution in [0.3, 0.4) is 0 Å². The van der Waals surface area contributed by atoms with E-state index >= 15 is 0 Å². The summed E-state index contributed by atoms with van der Waals surface area (Å²) in [5.74, 6) is 0.812. The van der Waals surface area contributed by atoms with Crippen molar-refractivity contribution in [2.24, 2.45) is 11.7 Å². The summed E-state index contributed by atoms with van der Waals surface area (Å²) in [7, 11) is 0. The van der Waals surface area contributed by atoms with Crippen LogP contribution in [0.4, 0.5) is 0 Å². The molecule has 2 unspecified atom stereocenters. The molecule has 0 radical (unpaired) electrons. The van der Waals surface area contributed by atoms with Crippen molar-refractivity contribution in [1.29, 1.82) is 0 Å². The minimum atomic E-state index is 0.188. The quantitative estimate of drug-likeness (QED) is 0.864. The van der Waals surface area contributed by atoms with Gasteiger partial charge in [-0.15, -0.1) is 0 Å². The second kappa shape index (κ2) is 4.36. The van der Waals surface area contributed by atoms with Gasteiger partial charge in [-0.2, -0.15) is 0 Å². The number of nitrogens with two attached hydrogens (primary N) is 1. The van der Waals surface area contributed by atoms with Gasteiger partial charge in [0.25, 0.3) is 0 Å². The topological polar surface area (TPSA) is 29.3 Å². The molecule has 2 aliphatic rings. The van der Waals surface area contributed by atoms with Crippen molar-refractivity contribution >= 4 is 0 Å². The molecule has 0 bridgehead atoms. The van der Waals surface area contributed by atoms with Crippen LogP contribution in [0.5, 0.6) is 0 Å². The number of hydrogen-bond donors (Lipinski definition) is 1. The zero-order valence-electron chi connectivity index (χ0n) is 11.5. The maximum Gasteiger partial charge on any atom is 0.0415 e. The summed E-state index contributed by atoms with van der Waals surface area (Å²) in [6.45, 7) is 6.72. The highest BCUT2D eigenvalue weighted by molar-refractivity contribution is 5.37. The summed E-state index contributed by atoms with van der Waals surface area (Å²) in [5, 5.41) is 0. The lowest BCUT2D eigenvalue weighted by Crippen LogP contribution is -2.56. The molecule has 3 rings (SSSR count). The number of benzene rings is 1. The van der Waals surface area contributed by atoms with Crippen molar-refractivity contribution in [3.05, 3.63) is 35.4 Å². The Kier molecular flexibility index (Phi) is 2.95. The largest absolute Gasteiger partial charge is 0.329 e. The number of nitrogens with zero attached hydrogens (tertiary/aromatic N) is 1. The van der Waals surface area contributed by atoms with Gasteiger partial charge in [-0.05, 0) is 43.2 Å². The molecular weight excluding hydrogens is 220 g/mol. The maximum atomic E-state index is 6.19. The Morgan fingerprint density at radius 2 is 1.83 bits per heavy atom. The Labute approximate surface area is 110 Å². The van der Waals surface area contributed by atoms with Crippen molar-refractivity contribution in [3.8, 4) is 0 Å². The van der Waals surface area contributed by atoms with E-state index in [-0.39, 0.29) is 5.54 Å². The van der Waals surface area contributed by atoms with Gasteiger partial charge >= 0.3 is 0 Å². The molecular formula is C16H24N2. The molecule has 18 heavy (non-hydrogen) atoms. The van der Waals surface area contributed by atoms with E-state index < -0.39 is 0 Å². The first-order chi connectivity index (χ1) is 8.64. The minimum absolute atomic E-state index is 0.188. The Morgan fingerprint density at radius 3 is 2.28 bits per heavy atom. The van der Waals surface area contributed by atoms with Gasteiger partial charge in [0.05, 0.1) is 0 Å². The fourth-order valence-electron chi connectivity index (χ4n) is 4.10. The van der Waals surface area contributed by atoms with Crippen molar-refractivity contribution in [1.82, 2.24) is 4.90 Å². The van der Waals surface area contributed by atoms with E-state index in [2.05, 4.69) is 43.0 Å². The zero-order valence-corrected chi connectivity index (χ0v) is 11.5. The van der Waals surface area contributed by atoms with Crippen LogP contribution in [0.1, 0.15) is 31.4 Å². The van der Waals surface area contributed by atoms with Crippen LogP contribution in [-0.4, -0.2) is 29.6 Å². The molecule has 1 aromatic carbocycles. The lowest BCUT2D eigenvalue weighted by molar-refractivity contribution is 0.0933. The molecule has 0 amide bonds. The van der Waals surface area contributed by atoms with E-state index in [9.17, 15) is 0 Å². The normalized spacial score (nSPS) is 30.6. The standard InChI is InChI=1S/C16H24N2/c1-12-7-13(2)18(10-12)16(11-17)8-14-5-3-4-6-15(14)9-16/h3-6,12-13H,7-11,17H2,1-2H3. The van der Waals surface area contributed by atoms with Crippen molar-refractivity contribution in [3.63, 3.8) is 0 Å². The summed E-state index contributed by atoms with van der Waals surface area (Å²) in [6.07, 6.45) is 3.59. The van der Waals surface area contributed by atoms with E-state index in [4.69, 9.17) is 5.73 Å². The first-order valence-electron chi connectivity index (χ1n) is 7.18. The van der Waals surface area contributed by atoms with Crippen LogP contribution in [0, 0.1) is 5.92 Å². The molecule has 1 heterocycles. The van der Waals surface area contributed by atoms with Crippen molar-refractivity contribution in [2.45, 2.75) is 44.7 Å². The molecule has 2 heteroatoms. The van der Waals surface area contributed by atoms with Gasteiger partial charge in [0.15, 0.2) is 0 Å². The summed E-state index contributed by atoms with van der Waals surface area (Å²) >= 11 is 0. The predicted octanol–water partition coefficient (Wildman–Crippen LogP) is 2.21. The maximum absolute atomic E-state index is 6.19. The van der Waals surface area contributed by atoms with Crippen molar-refractivity contribution < 1.29 is 0 Å². The number of rotatable bonds is 2. The van der Waals surface area contributed by atoms with Crippen molar-refractivity contribution in [2.75, 3.05) is 13.1 Å². The first kappa shape index (κ1) is 12.2. The van der Waals surface area contributed by atoms with Gasteiger partial charge < -0.3 is 5.73 Å². The molecule has 1 saturated heterocycles. The summed E-state index contributed by atoms with van der Waals surface area (Å²) in [4.78, 5) is 2.69. The van der Waals surface area contributed by atoms with Gasteiger partial charge in [0, 0.05) is 24.7 Å². The highest BCUT2D eigenvalue weighted by Crippen LogP contribution is 2.39. The average Bonchev–Trinajstić information content (AvgIpc) is 2.90. The third-order valence-electron chi connectivity index (χ3n) is 4.93. The molecule has 98 valence electrons. The van der Waals surface area contributed by atoms with E-state index in [0.29, 0.717) is 6.04 Å². The summed E-state index contributed by atoms with van der Waals surface area (Å²) < 4.78 is 0. The van der Waals surface area contributed by atoms with Gasteiger partial charge in [-0.1, -0.05) is 31.2 Å². The Balaban J connectivity index is 1.90. The van der Waals surface area contributed by atoms with E-state index in [1.807, 2.05) is 0 Å². The van der Waals surface area contributed by atoms with Gasteiger partial charge in [0.1, 0.15) is 0 Å². The fourth-order valence-corrected chi connectivity index (χ4v) is 4.10. The Morgan fingerprint density at radius 1 is 1.22 bits per heavy atom. The highest BCUT2D eigenvalue weighted by atomic mass is 15.3. The lowest BCUT2D eigenvalue weighted by Gasteiger charge is -2.41. The van der Waals surface area contributed by atoms with Crippen LogP contribution in [0.15, 0.2) is 24.3 Å². The fraction of sp³-hybridized carbons (Fsp3) is 0.625. The predicted molar refractivity (Wildman–Crippen MR) is 75.6 cm³/mol. The van der Waals surface area contributed by atoms with Crippen LogP contribution >= 0.6 is 0 Å². The van der Waals surface area contributed by atoms with E-state index in [1.165, 1.54) is 24.1 Å². The Bertz CT molecular complexity index is 415. The number of hydrogen-bond acceptors (Lipinski definition) is 2. The molecule has 2 nitrogen and oxygen atoms in total. The summed E-state index contributed by atoms with van der Waals surface area (Å²) in [5.41, 5.74) is 9.40. The molecule has 1 fully saturated rings. The van der Waals surface area contributed by atoms with Crippen LogP contribution in [0.2, 0.25) is 0 Å². The average molecular weight is 244 g/mol. The molecule has 0 aromatic heterocycles. The van der Waals surface area contributed by atoms with Crippen LogP contribution in [-0.2, 0) is 12.8 Å². The molecule has 2 atom stereocenters. The SMILES string of the molecule is CC1CC(C)N(C2(CN)Cc3ccccc3C2)C1. The number of fused-ring (bicyclic) bond motifs is 1. The van der Waals surface area contributed by atoms with Gasteiger partial charge in [-0.3, -0.25) is 4.90 Å².